The Morgan fingerprint density at radius 2 is 1.62 bits per heavy atom. The molecule has 6 nitrogen and oxygen atoms in total. The highest BCUT2D eigenvalue weighted by Crippen LogP contribution is 2.40. The average Bonchev–Trinajstić information content (AvgIpc) is 2.66. The number of methoxy groups -OCH3 is 2. The number of benzene rings is 1. The molecule has 1 aromatic rings. The Morgan fingerprint density at radius 3 is 2.15 bits per heavy atom. The van der Waals surface area contributed by atoms with E-state index < -0.39 is 17.9 Å². The van der Waals surface area contributed by atoms with E-state index in [4.69, 9.17) is 14.2 Å². The highest BCUT2D eigenvalue weighted by Gasteiger charge is 2.36. The zero-order valence-electron chi connectivity index (χ0n) is 15.7. The van der Waals surface area contributed by atoms with Gasteiger partial charge in [0.25, 0.3) is 0 Å². The Hall–Kier alpha value is -2.76. The lowest BCUT2D eigenvalue weighted by atomic mass is 9.83. The van der Waals surface area contributed by atoms with Gasteiger partial charge in [-0.3, -0.25) is 0 Å². The number of carbonyl (C=O) groups is 2. The number of unbranched alkanes of at least 4 members (excludes halogenated alkanes) is 1. The Balaban J connectivity index is 2.53. The largest absolute Gasteiger partial charge is 0.493 e. The molecule has 0 saturated carbocycles. The first-order valence-corrected chi connectivity index (χ1v) is 8.57. The topological polar surface area (TPSA) is 65.1 Å². The van der Waals surface area contributed by atoms with Crippen LogP contribution in [0.2, 0.25) is 0 Å². The fourth-order valence-corrected chi connectivity index (χ4v) is 2.88. The second-order valence-corrected chi connectivity index (χ2v) is 5.99. The van der Waals surface area contributed by atoms with E-state index in [1.807, 2.05) is 24.3 Å². The van der Waals surface area contributed by atoms with Crippen LogP contribution in [-0.2, 0) is 19.1 Å². The van der Waals surface area contributed by atoms with Crippen molar-refractivity contribution in [3.8, 4) is 5.75 Å². The summed E-state index contributed by atoms with van der Waals surface area (Å²) < 4.78 is 15.8. The fraction of sp³-hybridized carbons (Fsp3) is 0.400. The highest BCUT2D eigenvalue weighted by molar-refractivity contribution is 5.98. The van der Waals surface area contributed by atoms with Crippen LogP contribution in [0.3, 0.4) is 0 Å². The Bertz CT molecular complexity index is 689. The van der Waals surface area contributed by atoms with Crippen molar-refractivity contribution in [2.45, 2.75) is 25.7 Å². The standard InChI is InChI=1S/C20H25NO5/c1-5-6-11-26-17-10-8-7-9-14(17)18-15(19(22)24-3)12-21(2)13-16(18)20(23)25-4/h7-10,12-13,18H,5-6,11H2,1-4H3. The molecule has 0 bridgehead atoms. The molecule has 0 aromatic heterocycles. The van der Waals surface area contributed by atoms with E-state index in [2.05, 4.69) is 6.92 Å². The van der Waals surface area contributed by atoms with Crippen LogP contribution in [0.5, 0.6) is 5.75 Å². The number of carbonyl (C=O) groups excluding carboxylic acids is 2. The van der Waals surface area contributed by atoms with Crippen LogP contribution < -0.4 is 4.74 Å². The lowest BCUT2D eigenvalue weighted by molar-refractivity contribution is -0.137. The number of rotatable bonds is 7. The minimum absolute atomic E-state index is 0.351. The molecule has 140 valence electrons. The van der Waals surface area contributed by atoms with Crippen molar-refractivity contribution >= 4 is 11.9 Å². The third-order valence-electron chi connectivity index (χ3n) is 4.14. The van der Waals surface area contributed by atoms with E-state index in [1.54, 1.807) is 24.3 Å². The van der Waals surface area contributed by atoms with Crippen LogP contribution in [0.25, 0.3) is 0 Å². The summed E-state index contributed by atoms with van der Waals surface area (Å²) in [6.07, 6.45) is 5.25. The van der Waals surface area contributed by atoms with E-state index in [1.165, 1.54) is 14.2 Å². The third-order valence-corrected chi connectivity index (χ3v) is 4.14. The molecule has 0 amide bonds. The molecular weight excluding hydrogens is 334 g/mol. The number of nitrogens with zero attached hydrogens (tertiary/aromatic N) is 1. The van der Waals surface area contributed by atoms with E-state index in [0.29, 0.717) is 23.5 Å². The molecule has 1 aliphatic rings. The summed E-state index contributed by atoms with van der Waals surface area (Å²) in [6.45, 7) is 2.65. The maximum absolute atomic E-state index is 12.4. The molecular formula is C20H25NO5. The minimum Gasteiger partial charge on any atom is -0.493 e. The Morgan fingerprint density at radius 1 is 1.04 bits per heavy atom. The normalized spacial score (nSPS) is 14.4. The maximum Gasteiger partial charge on any atom is 0.336 e. The van der Waals surface area contributed by atoms with Gasteiger partial charge in [-0.2, -0.15) is 0 Å². The lowest BCUT2D eigenvalue weighted by Gasteiger charge is -2.29. The van der Waals surface area contributed by atoms with Gasteiger partial charge in [0.1, 0.15) is 5.75 Å². The molecule has 0 atom stereocenters. The van der Waals surface area contributed by atoms with E-state index >= 15 is 0 Å². The molecule has 1 aromatic carbocycles. The van der Waals surface area contributed by atoms with E-state index in [0.717, 1.165) is 18.4 Å². The first-order chi connectivity index (χ1) is 12.5. The molecule has 0 spiro atoms. The number of hydrogen-bond donors (Lipinski definition) is 0. The maximum atomic E-state index is 12.4. The molecule has 1 heterocycles. The number of para-hydroxylation sites is 1. The first kappa shape index (κ1) is 19.6. The van der Waals surface area contributed by atoms with Crippen molar-refractivity contribution in [2.24, 2.45) is 0 Å². The lowest BCUT2D eigenvalue weighted by Crippen LogP contribution is -2.27. The fourth-order valence-electron chi connectivity index (χ4n) is 2.88. The zero-order valence-corrected chi connectivity index (χ0v) is 15.7. The molecule has 2 rings (SSSR count). The van der Waals surface area contributed by atoms with Gasteiger partial charge in [0.2, 0.25) is 0 Å². The van der Waals surface area contributed by atoms with Gasteiger partial charge in [0, 0.05) is 25.0 Å². The van der Waals surface area contributed by atoms with Crippen LogP contribution >= 0.6 is 0 Å². The van der Waals surface area contributed by atoms with Crippen LogP contribution in [0, 0.1) is 0 Å². The molecule has 0 unspecified atom stereocenters. The smallest absolute Gasteiger partial charge is 0.336 e. The molecule has 0 fully saturated rings. The summed E-state index contributed by atoms with van der Waals surface area (Å²) in [5, 5.41) is 0. The molecule has 0 N–H and O–H groups in total. The van der Waals surface area contributed by atoms with Gasteiger partial charge in [-0.25, -0.2) is 9.59 Å². The number of esters is 2. The first-order valence-electron chi connectivity index (χ1n) is 8.57. The molecule has 0 saturated heterocycles. The van der Waals surface area contributed by atoms with Crippen LogP contribution in [0.4, 0.5) is 0 Å². The van der Waals surface area contributed by atoms with E-state index in [9.17, 15) is 9.59 Å². The van der Waals surface area contributed by atoms with Gasteiger partial charge in [0.05, 0.1) is 37.9 Å². The van der Waals surface area contributed by atoms with Gasteiger partial charge in [0.15, 0.2) is 0 Å². The quantitative estimate of drug-likeness (QED) is 0.551. The third kappa shape index (κ3) is 4.25. The average molecular weight is 359 g/mol. The van der Waals surface area contributed by atoms with Gasteiger partial charge < -0.3 is 19.1 Å². The monoisotopic (exact) mass is 359 g/mol. The Labute approximate surface area is 154 Å². The summed E-state index contributed by atoms with van der Waals surface area (Å²) in [5.74, 6) is -0.983. The molecule has 0 aliphatic carbocycles. The zero-order chi connectivity index (χ0) is 19.1. The van der Waals surface area contributed by atoms with Gasteiger partial charge in [-0.05, 0) is 12.5 Å². The summed E-state index contributed by atoms with van der Waals surface area (Å²) in [5.41, 5.74) is 1.43. The van der Waals surface area contributed by atoms with Gasteiger partial charge >= 0.3 is 11.9 Å². The van der Waals surface area contributed by atoms with Crippen LogP contribution in [0.15, 0.2) is 47.8 Å². The molecule has 0 radical (unpaired) electrons. The number of hydrogen-bond acceptors (Lipinski definition) is 6. The number of ether oxygens (including phenoxy) is 3. The van der Waals surface area contributed by atoms with E-state index in [-0.39, 0.29) is 0 Å². The molecule has 26 heavy (non-hydrogen) atoms. The second-order valence-electron chi connectivity index (χ2n) is 5.99. The second kappa shape index (κ2) is 9.08. The van der Waals surface area contributed by atoms with Gasteiger partial charge in [-0.1, -0.05) is 31.5 Å². The minimum atomic E-state index is -0.621. The summed E-state index contributed by atoms with van der Waals surface area (Å²) in [4.78, 5) is 26.4. The van der Waals surface area contributed by atoms with Crippen molar-refractivity contribution in [1.82, 2.24) is 4.90 Å². The van der Waals surface area contributed by atoms with Crippen molar-refractivity contribution in [2.75, 3.05) is 27.9 Å². The van der Waals surface area contributed by atoms with Crippen LogP contribution in [-0.4, -0.2) is 44.7 Å². The predicted molar refractivity (Wildman–Crippen MR) is 97.5 cm³/mol. The Kier molecular flexibility index (Phi) is 6.83. The predicted octanol–water partition coefficient (Wildman–Crippen LogP) is 3.01. The van der Waals surface area contributed by atoms with Crippen molar-refractivity contribution in [1.29, 1.82) is 0 Å². The van der Waals surface area contributed by atoms with Gasteiger partial charge in [-0.15, -0.1) is 0 Å². The van der Waals surface area contributed by atoms with Crippen molar-refractivity contribution in [3.63, 3.8) is 0 Å². The molecule has 1 aliphatic heterocycles. The van der Waals surface area contributed by atoms with Crippen LogP contribution in [0.1, 0.15) is 31.2 Å². The summed E-state index contributed by atoms with van der Waals surface area (Å²) in [6, 6.07) is 7.41. The summed E-state index contributed by atoms with van der Waals surface area (Å²) in [7, 11) is 4.38. The summed E-state index contributed by atoms with van der Waals surface area (Å²) >= 11 is 0. The van der Waals surface area contributed by atoms with Crippen molar-refractivity contribution < 1.29 is 23.8 Å². The SMILES string of the molecule is CCCCOc1ccccc1C1C(C(=O)OC)=CN(C)C=C1C(=O)OC. The highest BCUT2D eigenvalue weighted by atomic mass is 16.5. The van der Waals surface area contributed by atoms with Crippen molar-refractivity contribution in [3.05, 3.63) is 53.4 Å². The molecule has 6 heteroatoms.